The van der Waals surface area contributed by atoms with Crippen LogP contribution in [-0.2, 0) is 16.1 Å². The van der Waals surface area contributed by atoms with Crippen molar-refractivity contribution in [2.75, 3.05) is 0 Å². The number of carbonyl (C=O) groups is 2. The summed E-state index contributed by atoms with van der Waals surface area (Å²) >= 11 is 5.91. The van der Waals surface area contributed by atoms with Gasteiger partial charge < -0.3 is 14.4 Å². The highest BCUT2D eigenvalue weighted by atomic mass is 35.5. The predicted octanol–water partition coefficient (Wildman–Crippen LogP) is 3.95. The van der Waals surface area contributed by atoms with Gasteiger partial charge >= 0.3 is 0 Å². The molecule has 28 heavy (non-hydrogen) atoms. The molecule has 7 heteroatoms. The highest BCUT2D eigenvalue weighted by molar-refractivity contribution is 6.46. The van der Waals surface area contributed by atoms with Crippen molar-refractivity contribution >= 4 is 29.1 Å². The zero-order valence-corrected chi connectivity index (χ0v) is 15.3. The van der Waals surface area contributed by atoms with Gasteiger partial charge in [-0.2, -0.15) is 0 Å². The van der Waals surface area contributed by atoms with E-state index in [1.54, 1.807) is 60.9 Å². The summed E-state index contributed by atoms with van der Waals surface area (Å²) in [6, 6.07) is 12.5. The Morgan fingerprint density at radius 1 is 1.14 bits per heavy atom. The summed E-state index contributed by atoms with van der Waals surface area (Å²) in [5.74, 6) is -1.19. The van der Waals surface area contributed by atoms with Gasteiger partial charge in [0.05, 0.1) is 24.4 Å². The SMILES string of the molecule is O=C1C(=O)N(Cc2ccco2)[C@H](c2cccnc2)C1=C(O)c1ccc(Cl)cc1. The van der Waals surface area contributed by atoms with Crippen LogP contribution in [-0.4, -0.2) is 26.7 Å². The molecule has 3 aromatic rings. The molecule has 0 aliphatic carbocycles. The Bertz CT molecular complexity index is 1040. The lowest BCUT2D eigenvalue weighted by atomic mass is 9.96. The highest BCUT2D eigenvalue weighted by Crippen LogP contribution is 2.40. The third-order valence-corrected chi connectivity index (χ3v) is 4.82. The number of rotatable bonds is 4. The Hall–Kier alpha value is -3.38. The van der Waals surface area contributed by atoms with E-state index in [9.17, 15) is 14.7 Å². The summed E-state index contributed by atoms with van der Waals surface area (Å²) in [5.41, 5.74) is 1.02. The maximum Gasteiger partial charge on any atom is 0.296 e. The van der Waals surface area contributed by atoms with E-state index in [4.69, 9.17) is 16.0 Å². The van der Waals surface area contributed by atoms with E-state index < -0.39 is 17.7 Å². The van der Waals surface area contributed by atoms with Gasteiger partial charge in [-0.25, -0.2) is 0 Å². The van der Waals surface area contributed by atoms with Gasteiger partial charge in [-0.15, -0.1) is 0 Å². The molecule has 2 aromatic heterocycles. The molecule has 1 fully saturated rings. The second-order valence-electron chi connectivity index (χ2n) is 6.30. The number of nitrogens with zero attached hydrogens (tertiary/aromatic N) is 2. The first-order chi connectivity index (χ1) is 13.6. The molecule has 0 radical (unpaired) electrons. The number of aliphatic hydroxyl groups excluding tert-OH is 1. The van der Waals surface area contributed by atoms with Crippen LogP contribution < -0.4 is 0 Å². The minimum absolute atomic E-state index is 0.00637. The summed E-state index contributed by atoms with van der Waals surface area (Å²) < 4.78 is 5.34. The first kappa shape index (κ1) is 18.0. The molecule has 0 unspecified atom stereocenters. The number of furan rings is 1. The molecule has 4 rings (SSSR count). The number of Topliss-reactive ketones (excluding diaryl/α,β-unsaturated/α-hetero) is 1. The Morgan fingerprint density at radius 2 is 1.93 bits per heavy atom. The van der Waals surface area contributed by atoms with Crippen molar-refractivity contribution in [1.29, 1.82) is 0 Å². The maximum absolute atomic E-state index is 12.8. The van der Waals surface area contributed by atoms with Gasteiger partial charge in [0.2, 0.25) is 0 Å². The molecule has 0 saturated carbocycles. The number of pyridine rings is 1. The Kier molecular flexibility index (Phi) is 4.71. The number of benzene rings is 1. The largest absolute Gasteiger partial charge is 0.507 e. The second-order valence-corrected chi connectivity index (χ2v) is 6.74. The molecular formula is C21H15ClN2O4. The van der Waals surface area contributed by atoms with Crippen molar-refractivity contribution < 1.29 is 19.1 Å². The molecule has 1 atom stereocenters. The zero-order valence-electron chi connectivity index (χ0n) is 14.6. The van der Waals surface area contributed by atoms with Crippen LogP contribution in [0.15, 0.2) is 77.2 Å². The van der Waals surface area contributed by atoms with Gasteiger partial charge in [0.25, 0.3) is 11.7 Å². The number of hydrogen-bond donors (Lipinski definition) is 1. The molecule has 6 nitrogen and oxygen atoms in total. The standard InChI is InChI=1S/C21H15ClN2O4/c22-15-7-5-13(6-8-15)19(25)17-18(14-3-1-9-23-11-14)24(21(27)20(17)26)12-16-4-2-10-28-16/h1-11,18,25H,12H2/t18-/m1/s1. The smallest absolute Gasteiger partial charge is 0.296 e. The van der Waals surface area contributed by atoms with Crippen molar-refractivity contribution in [3.8, 4) is 0 Å². The fraction of sp³-hybridized carbons (Fsp3) is 0.0952. The van der Waals surface area contributed by atoms with Crippen LogP contribution in [0.5, 0.6) is 0 Å². The lowest BCUT2D eigenvalue weighted by Crippen LogP contribution is -2.29. The number of hydrogen-bond acceptors (Lipinski definition) is 5. The topological polar surface area (TPSA) is 83.6 Å². The highest BCUT2D eigenvalue weighted by Gasteiger charge is 2.46. The molecule has 1 N–H and O–H groups in total. The zero-order chi connectivity index (χ0) is 19.7. The second kappa shape index (κ2) is 7.32. The first-order valence-corrected chi connectivity index (χ1v) is 8.90. The Labute approximate surface area is 165 Å². The molecule has 1 saturated heterocycles. The number of ketones is 1. The van der Waals surface area contributed by atoms with Crippen LogP contribution in [0.3, 0.4) is 0 Å². The maximum atomic E-state index is 12.8. The van der Waals surface area contributed by atoms with Crippen molar-refractivity contribution in [1.82, 2.24) is 9.88 Å². The lowest BCUT2D eigenvalue weighted by Gasteiger charge is -2.24. The van der Waals surface area contributed by atoms with Crippen LogP contribution in [0.1, 0.15) is 22.9 Å². The average Bonchev–Trinajstić information content (AvgIpc) is 3.31. The number of aromatic nitrogens is 1. The van der Waals surface area contributed by atoms with Crippen molar-refractivity contribution in [3.05, 3.63) is 94.7 Å². The number of aliphatic hydroxyl groups is 1. The van der Waals surface area contributed by atoms with Gasteiger partial charge in [0.15, 0.2) is 0 Å². The molecule has 0 bridgehead atoms. The molecule has 3 heterocycles. The number of carbonyl (C=O) groups excluding carboxylic acids is 2. The van der Waals surface area contributed by atoms with E-state index in [-0.39, 0.29) is 17.9 Å². The van der Waals surface area contributed by atoms with E-state index in [0.29, 0.717) is 21.9 Å². The summed E-state index contributed by atoms with van der Waals surface area (Å²) in [6.45, 7) is 0.0918. The summed E-state index contributed by atoms with van der Waals surface area (Å²) in [5, 5.41) is 11.4. The molecule has 1 aliphatic heterocycles. The molecular weight excluding hydrogens is 380 g/mol. The van der Waals surface area contributed by atoms with Crippen LogP contribution in [0.4, 0.5) is 0 Å². The van der Waals surface area contributed by atoms with Gasteiger partial charge in [0, 0.05) is 23.0 Å². The summed E-state index contributed by atoms with van der Waals surface area (Å²) in [6.07, 6.45) is 4.67. The average molecular weight is 395 g/mol. The summed E-state index contributed by atoms with van der Waals surface area (Å²) in [7, 11) is 0. The normalized spacial score (nSPS) is 18.6. The monoisotopic (exact) mass is 394 g/mol. The van der Waals surface area contributed by atoms with Crippen LogP contribution >= 0.6 is 11.6 Å². The molecule has 1 amide bonds. The van der Waals surface area contributed by atoms with Gasteiger partial charge in [-0.3, -0.25) is 14.6 Å². The van der Waals surface area contributed by atoms with E-state index in [1.165, 1.54) is 11.2 Å². The fourth-order valence-electron chi connectivity index (χ4n) is 3.26. The third-order valence-electron chi connectivity index (χ3n) is 4.56. The predicted molar refractivity (Wildman–Crippen MR) is 102 cm³/mol. The Morgan fingerprint density at radius 3 is 2.57 bits per heavy atom. The van der Waals surface area contributed by atoms with E-state index in [0.717, 1.165) is 0 Å². The molecule has 1 aliphatic rings. The number of halogens is 1. The van der Waals surface area contributed by atoms with Gasteiger partial charge in [-0.1, -0.05) is 17.7 Å². The van der Waals surface area contributed by atoms with E-state index in [1.807, 2.05) is 0 Å². The van der Waals surface area contributed by atoms with E-state index >= 15 is 0 Å². The van der Waals surface area contributed by atoms with E-state index in [2.05, 4.69) is 4.98 Å². The molecule has 0 spiro atoms. The quantitative estimate of drug-likeness (QED) is 0.411. The van der Waals surface area contributed by atoms with Crippen molar-refractivity contribution in [3.63, 3.8) is 0 Å². The minimum Gasteiger partial charge on any atom is -0.507 e. The minimum atomic E-state index is -0.783. The summed E-state index contributed by atoms with van der Waals surface area (Å²) in [4.78, 5) is 31.1. The fourth-order valence-corrected chi connectivity index (χ4v) is 3.39. The van der Waals surface area contributed by atoms with Crippen molar-refractivity contribution in [2.24, 2.45) is 0 Å². The van der Waals surface area contributed by atoms with Gasteiger partial charge in [-0.05, 0) is 48.0 Å². The number of likely N-dealkylation sites (tertiary alicyclic amines) is 1. The number of amides is 1. The molecule has 1 aromatic carbocycles. The van der Waals surface area contributed by atoms with Crippen LogP contribution in [0, 0.1) is 0 Å². The van der Waals surface area contributed by atoms with Crippen LogP contribution in [0.25, 0.3) is 5.76 Å². The van der Waals surface area contributed by atoms with Crippen molar-refractivity contribution in [2.45, 2.75) is 12.6 Å². The lowest BCUT2D eigenvalue weighted by molar-refractivity contribution is -0.140. The first-order valence-electron chi connectivity index (χ1n) is 8.53. The van der Waals surface area contributed by atoms with Crippen LogP contribution in [0.2, 0.25) is 5.02 Å². The Balaban J connectivity index is 1.85. The van der Waals surface area contributed by atoms with Gasteiger partial charge in [0.1, 0.15) is 11.5 Å². The molecule has 140 valence electrons. The third kappa shape index (κ3) is 3.18.